The number of hydrogen-bond donors (Lipinski definition) is 0. The third-order valence-electron chi connectivity index (χ3n) is 7.19. The van der Waals surface area contributed by atoms with Crippen molar-refractivity contribution in [3.05, 3.63) is 122 Å². The molecule has 0 saturated heterocycles. The average Bonchev–Trinajstić information content (AvgIpc) is 3.52. The summed E-state index contributed by atoms with van der Waals surface area (Å²) >= 11 is 0. The lowest BCUT2D eigenvalue weighted by Gasteiger charge is -2.05. The van der Waals surface area contributed by atoms with E-state index in [0.717, 1.165) is 0 Å². The molecule has 0 aliphatic carbocycles. The Balaban J connectivity index is 1.25. The van der Waals surface area contributed by atoms with Gasteiger partial charge in [-0.05, 0) is 59.3 Å². The van der Waals surface area contributed by atoms with E-state index in [-0.39, 0.29) is 0 Å². The second kappa shape index (κ2) is 7.82. The van der Waals surface area contributed by atoms with Gasteiger partial charge in [0.05, 0.1) is 22.1 Å². The lowest BCUT2D eigenvalue weighted by molar-refractivity contribution is 1.27. The molecule has 4 heterocycles. The summed E-state index contributed by atoms with van der Waals surface area (Å²) in [5.41, 5.74) is 5.02. The number of rotatable bonds is 3. The minimum atomic E-state index is 1.25. The Kier molecular flexibility index (Phi) is 4.42. The minimum Gasteiger partial charge on any atom is -0.316 e. The van der Waals surface area contributed by atoms with Gasteiger partial charge < -0.3 is 8.80 Å². The number of hydrogen-bond acceptors (Lipinski definition) is 2. The standard InChI is InChI=1S/C32H20N2S2/c1-3-9-23-21(7-1)15-17-33-27-11-5-13-31(25(27)19-29(23)33)35-36-32-14-6-12-28-26(32)20-30-24-10-4-2-8-22(24)16-18-34(28)30/h1-20H. The van der Waals surface area contributed by atoms with Gasteiger partial charge in [0.15, 0.2) is 0 Å². The van der Waals surface area contributed by atoms with E-state index in [1.54, 1.807) is 0 Å². The summed E-state index contributed by atoms with van der Waals surface area (Å²) in [6.07, 6.45) is 4.39. The maximum absolute atomic E-state index is 2.35. The van der Waals surface area contributed by atoms with Gasteiger partial charge in [-0.1, -0.05) is 82.3 Å². The van der Waals surface area contributed by atoms with Crippen molar-refractivity contribution in [1.29, 1.82) is 0 Å². The van der Waals surface area contributed by atoms with E-state index < -0.39 is 0 Å². The molecular formula is C32H20N2S2. The number of fused-ring (bicyclic) bond motifs is 10. The monoisotopic (exact) mass is 496 g/mol. The van der Waals surface area contributed by atoms with Crippen molar-refractivity contribution in [3.8, 4) is 0 Å². The van der Waals surface area contributed by atoms with E-state index in [9.17, 15) is 0 Å². The Morgan fingerprint density at radius 3 is 1.36 bits per heavy atom. The first-order valence-electron chi connectivity index (χ1n) is 12.0. The lowest BCUT2D eigenvalue weighted by atomic mass is 10.1. The molecule has 0 amide bonds. The topological polar surface area (TPSA) is 8.82 Å². The number of aromatic nitrogens is 2. The van der Waals surface area contributed by atoms with Crippen LogP contribution in [0.1, 0.15) is 0 Å². The number of nitrogens with zero attached hydrogens (tertiary/aromatic N) is 2. The molecule has 4 aromatic carbocycles. The van der Waals surface area contributed by atoms with Crippen LogP contribution in [-0.4, -0.2) is 8.80 Å². The van der Waals surface area contributed by atoms with Crippen molar-refractivity contribution >= 4 is 76.0 Å². The van der Waals surface area contributed by atoms with E-state index in [0.29, 0.717) is 0 Å². The van der Waals surface area contributed by atoms with Gasteiger partial charge in [-0.3, -0.25) is 0 Å². The molecule has 0 N–H and O–H groups in total. The van der Waals surface area contributed by atoms with Crippen molar-refractivity contribution in [2.45, 2.75) is 9.79 Å². The Morgan fingerprint density at radius 1 is 0.389 bits per heavy atom. The molecule has 0 spiro atoms. The predicted octanol–water partition coefficient (Wildman–Crippen LogP) is 9.60. The van der Waals surface area contributed by atoms with Gasteiger partial charge in [-0.25, -0.2) is 0 Å². The minimum absolute atomic E-state index is 1.25. The van der Waals surface area contributed by atoms with Crippen LogP contribution < -0.4 is 0 Å². The van der Waals surface area contributed by atoms with Crippen LogP contribution in [0, 0.1) is 0 Å². The summed E-state index contributed by atoms with van der Waals surface area (Å²) in [6.45, 7) is 0. The SMILES string of the molecule is c1ccc2c(c1)ccn1c3cccc(SSc4cccc5c4cc4c6ccccc6ccn54)c3cc21. The zero-order valence-electron chi connectivity index (χ0n) is 19.3. The molecule has 4 heteroatoms. The van der Waals surface area contributed by atoms with Crippen molar-refractivity contribution in [2.24, 2.45) is 0 Å². The molecule has 4 aromatic heterocycles. The molecule has 0 unspecified atom stereocenters. The van der Waals surface area contributed by atoms with Crippen LogP contribution in [0.2, 0.25) is 0 Å². The number of pyridine rings is 2. The second-order valence-corrected chi connectivity index (χ2v) is 11.4. The predicted molar refractivity (Wildman–Crippen MR) is 157 cm³/mol. The largest absolute Gasteiger partial charge is 0.316 e. The van der Waals surface area contributed by atoms with Gasteiger partial charge in [0, 0.05) is 43.7 Å². The molecule has 2 nitrogen and oxygen atoms in total. The molecule has 0 aliphatic heterocycles. The van der Waals surface area contributed by atoms with E-state index in [1.807, 2.05) is 21.6 Å². The van der Waals surface area contributed by atoms with Gasteiger partial charge in [0.2, 0.25) is 0 Å². The van der Waals surface area contributed by atoms with Gasteiger partial charge in [0.1, 0.15) is 0 Å². The van der Waals surface area contributed by atoms with Gasteiger partial charge >= 0.3 is 0 Å². The fraction of sp³-hybridized carbons (Fsp3) is 0. The molecule has 170 valence electrons. The Bertz CT molecular complexity index is 1960. The van der Waals surface area contributed by atoms with E-state index >= 15 is 0 Å². The highest BCUT2D eigenvalue weighted by Crippen LogP contribution is 2.44. The maximum atomic E-state index is 2.35. The van der Waals surface area contributed by atoms with E-state index in [1.165, 1.54) is 64.2 Å². The smallest absolute Gasteiger partial charge is 0.0541 e. The van der Waals surface area contributed by atoms with E-state index in [4.69, 9.17) is 0 Å². The van der Waals surface area contributed by atoms with Crippen molar-refractivity contribution in [3.63, 3.8) is 0 Å². The molecule has 8 rings (SSSR count). The molecule has 0 atom stereocenters. The molecule has 0 bridgehead atoms. The van der Waals surface area contributed by atoms with Crippen LogP contribution in [0.3, 0.4) is 0 Å². The Morgan fingerprint density at radius 2 is 0.861 bits per heavy atom. The molecule has 0 saturated carbocycles. The normalized spacial score (nSPS) is 12.1. The van der Waals surface area contributed by atoms with Gasteiger partial charge in [-0.2, -0.15) is 0 Å². The third kappa shape index (κ3) is 2.95. The van der Waals surface area contributed by atoms with Crippen molar-refractivity contribution in [2.75, 3.05) is 0 Å². The average molecular weight is 497 g/mol. The Labute approximate surface area is 215 Å². The molecule has 8 aromatic rings. The molecule has 0 radical (unpaired) electrons. The zero-order chi connectivity index (χ0) is 23.6. The maximum Gasteiger partial charge on any atom is 0.0541 e. The van der Waals surface area contributed by atoms with Crippen molar-refractivity contribution < 1.29 is 0 Å². The molecule has 0 aliphatic rings. The summed E-state index contributed by atoms with van der Waals surface area (Å²) in [6, 6.07) is 39.6. The summed E-state index contributed by atoms with van der Waals surface area (Å²) < 4.78 is 4.64. The zero-order valence-corrected chi connectivity index (χ0v) is 20.9. The van der Waals surface area contributed by atoms with Crippen LogP contribution in [0.5, 0.6) is 0 Å². The summed E-state index contributed by atoms with van der Waals surface area (Å²) in [4.78, 5) is 2.58. The summed E-state index contributed by atoms with van der Waals surface area (Å²) in [5, 5.41) is 7.72. The highest BCUT2D eigenvalue weighted by molar-refractivity contribution is 8.76. The second-order valence-electron chi connectivity index (χ2n) is 9.15. The van der Waals surface area contributed by atoms with Gasteiger partial charge in [0.25, 0.3) is 0 Å². The van der Waals surface area contributed by atoms with Crippen LogP contribution in [0.15, 0.2) is 131 Å². The summed E-state index contributed by atoms with van der Waals surface area (Å²) in [5.74, 6) is 0. The Hall–Kier alpha value is -3.86. The number of benzene rings is 4. The molecule has 0 fully saturated rings. The highest BCUT2D eigenvalue weighted by Gasteiger charge is 2.13. The van der Waals surface area contributed by atoms with Crippen LogP contribution in [-0.2, 0) is 0 Å². The van der Waals surface area contributed by atoms with E-state index in [2.05, 4.69) is 130 Å². The first-order valence-corrected chi connectivity index (χ1v) is 14.2. The highest BCUT2D eigenvalue weighted by atomic mass is 33.1. The first-order chi connectivity index (χ1) is 17.8. The van der Waals surface area contributed by atoms with Gasteiger partial charge in [-0.15, -0.1) is 0 Å². The van der Waals surface area contributed by atoms with Crippen LogP contribution in [0.4, 0.5) is 0 Å². The fourth-order valence-electron chi connectivity index (χ4n) is 5.48. The first kappa shape index (κ1) is 20.3. The van der Waals surface area contributed by atoms with Crippen LogP contribution in [0.25, 0.3) is 54.4 Å². The summed E-state index contributed by atoms with van der Waals surface area (Å²) in [7, 11) is 3.69. The third-order valence-corrected chi connectivity index (χ3v) is 9.67. The van der Waals surface area contributed by atoms with Crippen molar-refractivity contribution in [1.82, 2.24) is 8.80 Å². The molecular weight excluding hydrogens is 477 g/mol. The fourth-order valence-corrected chi connectivity index (χ4v) is 7.84. The van der Waals surface area contributed by atoms with Crippen LogP contribution >= 0.6 is 21.6 Å². The lowest BCUT2D eigenvalue weighted by Crippen LogP contribution is -1.84. The quantitative estimate of drug-likeness (QED) is 0.225. The molecule has 36 heavy (non-hydrogen) atoms.